The van der Waals surface area contributed by atoms with Crippen molar-refractivity contribution in [1.82, 2.24) is 0 Å². The van der Waals surface area contributed by atoms with Gasteiger partial charge in [-0.3, -0.25) is 37.3 Å². The van der Waals surface area contributed by atoms with Gasteiger partial charge >= 0.3 is 39.5 Å². The van der Waals surface area contributed by atoms with Gasteiger partial charge in [0, 0.05) is 25.7 Å². The molecule has 0 aromatic rings. The molecule has 19 heteroatoms. The van der Waals surface area contributed by atoms with Crippen molar-refractivity contribution in [3.05, 3.63) is 24.3 Å². The van der Waals surface area contributed by atoms with Gasteiger partial charge in [0.2, 0.25) is 0 Å². The van der Waals surface area contributed by atoms with Crippen molar-refractivity contribution in [3.8, 4) is 0 Å². The van der Waals surface area contributed by atoms with Crippen LogP contribution in [0.4, 0.5) is 0 Å². The zero-order chi connectivity index (χ0) is 67.3. The summed E-state index contributed by atoms with van der Waals surface area (Å²) in [6, 6.07) is 0. The first kappa shape index (κ1) is 88.5. The van der Waals surface area contributed by atoms with Crippen LogP contribution in [-0.2, 0) is 65.4 Å². The summed E-state index contributed by atoms with van der Waals surface area (Å²) in [7, 11) is -9.92. The molecular weight excluding hydrogens is 1200 g/mol. The highest BCUT2D eigenvalue weighted by atomic mass is 31.2. The molecule has 0 saturated carbocycles. The summed E-state index contributed by atoms with van der Waals surface area (Å²) in [5.74, 6) is 0.141. The summed E-state index contributed by atoms with van der Waals surface area (Å²) in [6.07, 6.45) is 49.3. The van der Waals surface area contributed by atoms with E-state index < -0.39 is 97.5 Å². The lowest BCUT2D eigenvalue weighted by Crippen LogP contribution is -2.30. The first-order valence-corrected chi connectivity index (χ1v) is 39.8. The van der Waals surface area contributed by atoms with Crippen molar-refractivity contribution < 1.29 is 80.2 Å². The molecule has 536 valence electrons. The number of hydrogen-bond donors (Lipinski definition) is 3. The standard InChI is InChI=1S/C72H136O17P2/c1-8-12-13-14-15-16-17-18-19-20-21-25-31-39-46-53-69(74)82-59-67(88-71(76)55-48-41-32-26-23-22-24-29-36-43-50-63(5)9-2)61-86-90(78,79)84-57-66(73)58-85-91(80,81)87-62-68(60-83-70(75)54-47-40-35-34-38-45-52-65(7)11-4)89-72(77)56-49-42-33-28-27-30-37-44-51-64(6)10-3/h16-19,63-68,73H,8-15,20-62H2,1-7H3,(H,78,79)(H,80,81)/b17-16-,19-18-/t63?,64?,65?,66-,67-,68-/m1/s1. The van der Waals surface area contributed by atoms with E-state index in [0.717, 1.165) is 133 Å². The molecule has 0 amide bonds. The number of aliphatic hydroxyl groups excluding tert-OH is 1. The Bertz CT molecular complexity index is 1880. The van der Waals surface area contributed by atoms with E-state index >= 15 is 0 Å². The second-order valence-corrected chi connectivity index (χ2v) is 28.9. The van der Waals surface area contributed by atoms with Gasteiger partial charge in [-0.2, -0.15) is 0 Å². The molecule has 0 saturated heterocycles. The topological polar surface area (TPSA) is 237 Å². The molecule has 3 N–H and O–H groups in total. The van der Waals surface area contributed by atoms with Crippen molar-refractivity contribution in [2.24, 2.45) is 17.8 Å². The van der Waals surface area contributed by atoms with Gasteiger partial charge in [0.25, 0.3) is 0 Å². The van der Waals surface area contributed by atoms with Crippen LogP contribution in [0.5, 0.6) is 0 Å². The Morgan fingerprint density at radius 2 is 0.615 bits per heavy atom. The summed E-state index contributed by atoms with van der Waals surface area (Å²) in [5, 5.41) is 10.6. The van der Waals surface area contributed by atoms with Crippen LogP contribution >= 0.6 is 15.6 Å². The maximum atomic E-state index is 13.0. The minimum Gasteiger partial charge on any atom is -0.462 e. The van der Waals surface area contributed by atoms with E-state index in [9.17, 15) is 43.2 Å². The third kappa shape index (κ3) is 62.1. The van der Waals surface area contributed by atoms with Crippen LogP contribution in [0.3, 0.4) is 0 Å². The Labute approximate surface area is 554 Å². The number of esters is 4. The number of unbranched alkanes of at least 4 members (excludes halogenated alkanes) is 30. The maximum absolute atomic E-state index is 13.0. The largest absolute Gasteiger partial charge is 0.472 e. The van der Waals surface area contributed by atoms with Gasteiger partial charge in [0.1, 0.15) is 19.3 Å². The summed E-state index contributed by atoms with van der Waals surface area (Å²) in [5.41, 5.74) is 0. The molecule has 0 aromatic heterocycles. The second-order valence-electron chi connectivity index (χ2n) is 26.0. The van der Waals surface area contributed by atoms with Crippen LogP contribution in [0.2, 0.25) is 0 Å². The highest BCUT2D eigenvalue weighted by molar-refractivity contribution is 7.47. The minimum atomic E-state index is -4.96. The molecule has 0 radical (unpaired) electrons. The Morgan fingerprint density at radius 1 is 0.352 bits per heavy atom. The average Bonchev–Trinajstić information content (AvgIpc) is 3.42. The molecule has 0 rings (SSSR count). The zero-order valence-corrected chi connectivity index (χ0v) is 60.6. The molecule has 0 heterocycles. The van der Waals surface area contributed by atoms with Crippen LogP contribution in [-0.4, -0.2) is 96.7 Å². The number of hydrogen-bond acceptors (Lipinski definition) is 15. The number of allylic oxidation sites excluding steroid dienone is 4. The van der Waals surface area contributed by atoms with Crippen molar-refractivity contribution in [2.45, 2.75) is 356 Å². The predicted octanol–water partition coefficient (Wildman–Crippen LogP) is 20.2. The fourth-order valence-corrected chi connectivity index (χ4v) is 11.8. The molecule has 0 aliphatic rings. The average molecular weight is 1340 g/mol. The van der Waals surface area contributed by atoms with Crippen molar-refractivity contribution in [1.29, 1.82) is 0 Å². The highest BCUT2D eigenvalue weighted by Crippen LogP contribution is 2.45. The van der Waals surface area contributed by atoms with Crippen LogP contribution < -0.4 is 0 Å². The van der Waals surface area contributed by atoms with Gasteiger partial charge in [-0.1, -0.05) is 285 Å². The summed E-state index contributed by atoms with van der Waals surface area (Å²) in [6.45, 7) is 11.8. The molecule has 91 heavy (non-hydrogen) atoms. The smallest absolute Gasteiger partial charge is 0.462 e. The van der Waals surface area contributed by atoms with Crippen LogP contribution in [0.25, 0.3) is 0 Å². The van der Waals surface area contributed by atoms with Crippen LogP contribution in [0, 0.1) is 17.8 Å². The third-order valence-electron chi connectivity index (χ3n) is 17.1. The van der Waals surface area contributed by atoms with E-state index in [1.807, 2.05) is 0 Å². The predicted molar refractivity (Wildman–Crippen MR) is 367 cm³/mol. The molecule has 0 aromatic carbocycles. The van der Waals surface area contributed by atoms with Crippen molar-refractivity contribution in [3.63, 3.8) is 0 Å². The van der Waals surface area contributed by atoms with Gasteiger partial charge in [-0.15, -0.1) is 0 Å². The highest BCUT2D eigenvalue weighted by Gasteiger charge is 2.30. The monoisotopic (exact) mass is 1330 g/mol. The number of phosphoric ester groups is 2. The number of phosphoric acid groups is 2. The van der Waals surface area contributed by atoms with Gasteiger partial charge in [-0.05, 0) is 69.1 Å². The number of carbonyl (C=O) groups excluding carboxylic acids is 4. The van der Waals surface area contributed by atoms with Crippen LogP contribution in [0.1, 0.15) is 337 Å². The lowest BCUT2D eigenvalue weighted by Gasteiger charge is -2.21. The molecule has 5 unspecified atom stereocenters. The molecule has 17 nitrogen and oxygen atoms in total. The van der Waals surface area contributed by atoms with E-state index in [-0.39, 0.29) is 25.7 Å². The lowest BCUT2D eigenvalue weighted by molar-refractivity contribution is -0.161. The molecule has 8 atom stereocenters. The fourth-order valence-electron chi connectivity index (χ4n) is 10.3. The first-order chi connectivity index (χ1) is 43.8. The third-order valence-corrected chi connectivity index (χ3v) is 19.0. The molecular formula is C72H136O17P2. The normalized spacial score (nSPS) is 15.2. The number of aliphatic hydroxyl groups is 1. The Hall–Kier alpha value is -2.46. The van der Waals surface area contributed by atoms with E-state index in [1.165, 1.54) is 122 Å². The van der Waals surface area contributed by atoms with E-state index in [2.05, 4.69) is 72.8 Å². The molecule has 0 fully saturated rings. The summed E-state index contributed by atoms with van der Waals surface area (Å²) < 4.78 is 68.3. The SMILES string of the molecule is CCCCCC/C=C\C=C/CCCCCCCC(=O)OC[C@H](COP(=O)(O)OC[C@@H](O)COP(=O)(O)OC[C@@H](COC(=O)CCCCCCCCC(C)CC)OC(=O)CCCCCCCCCCC(C)CC)OC(=O)CCCCCCCCCCCCC(C)CC. The van der Waals surface area contributed by atoms with E-state index in [4.69, 9.17) is 37.0 Å². The lowest BCUT2D eigenvalue weighted by atomic mass is 9.99. The quantitative estimate of drug-likeness (QED) is 0.0169. The van der Waals surface area contributed by atoms with Crippen LogP contribution in [0.15, 0.2) is 24.3 Å². The number of ether oxygens (including phenoxy) is 4. The van der Waals surface area contributed by atoms with E-state index in [0.29, 0.717) is 25.7 Å². The number of rotatable bonds is 68. The first-order valence-electron chi connectivity index (χ1n) is 36.8. The van der Waals surface area contributed by atoms with E-state index in [1.54, 1.807) is 0 Å². The Balaban J connectivity index is 5.31. The second kappa shape index (κ2) is 62.4. The Morgan fingerprint density at radius 3 is 0.923 bits per heavy atom. The van der Waals surface area contributed by atoms with Gasteiger partial charge in [0.05, 0.1) is 26.4 Å². The molecule has 0 bridgehead atoms. The number of carbonyl (C=O) groups is 4. The molecule has 0 aliphatic carbocycles. The van der Waals surface area contributed by atoms with Crippen molar-refractivity contribution in [2.75, 3.05) is 39.6 Å². The van der Waals surface area contributed by atoms with Crippen molar-refractivity contribution >= 4 is 39.5 Å². The van der Waals surface area contributed by atoms with Gasteiger partial charge in [0.15, 0.2) is 12.2 Å². The molecule has 0 spiro atoms. The Kier molecular flexibility index (Phi) is 60.7. The molecule has 0 aliphatic heterocycles. The zero-order valence-electron chi connectivity index (χ0n) is 58.8. The fraction of sp³-hybridized carbons (Fsp3) is 0.889. The maximum Gasteiger partial charge on any atom is 0.472 e. The summed E-state index contributed by atoms with van der Waals surface area (Å²) >= 11 is 0. The summed E-state index contributed by atoms with van der Waals surface area (Å²) in [4.78, 5) is 72.6. The van der Waals surface area contributed by atoms with Gasteiger partial charge < -0.3 is 33.8 Å². The minimum absolute atomic E-state index is 0.0988. The van der Waals surface area contributed by atoms with Gasteiger partial charge in [-0.25, -0.2) is 9.13 Å².